The molecule has 1 aliphatic carbocycles. The first kappa shape index (κ1) is 80.9. The number of halogens is 5. The van der Waals surface area contributed by atoms with Crippen molar-refractivity contribution in [2.45, 2.75) is 156 Å². The van der Waals surface area contributed by atoms with Crippen molar-refractivity contribution < 1.29 is 79.0 Å². The van der Waals surface area contributed by atoms with E-state index < -0.39 is 43.9 Å². The largest absolute Gasteiger partial charge is 1.00 e. The minimum absolute atomic E-state index is 0. The van der Waals surface area contributed by atoms with E-state index in [0.717, 1.165) is 58.4 Å². The first-order valence-electron chi connectivity index (χ1n) is 26.2. The van der Waals surface area contributed by atoms with E-state index in [1.807, 2.05) is 72.8 Å². The molecule has 6 aromatic rings. The zero-order valence-electron chi connectivity index (χ0n) is 50.3. The van der Waals surface area contributed by atoms with Gasteiger partial charge in [-0.2, -0.15) is 0 Å². The quantitative estimate of drug-likeness (QED) is 0.0214. The number of methoxy groups -OCH3 is 1. The number of aliphatic carboxylic acids is 1. The van der Waals surface area contributed by atoms with Crippen LogP contribution in [0.3, 0.4) is 0 Å². The molecule has 7 rings (SSSR count). The third kappa shape index (κ3) is 29.3. The number of aromatic nitrogens is 2. The van der Waals surface area contributed by atoms with Gasteiger partial charge in [-0.25, -0.2) is 4.98 Å². The summed E-state index contributed by atoms with van der Waals surface area (Å²) in [6.07, 6.45) is 3.53. The van der Waals surface area contributed by atoms with E-state index in [-0.39, 0.29) is 95.6 Å². The van der Waals surface area contributed by atoms with E-state index >= 15 is 0 Å². The number of anilines is 1. The molecule has 0 unspecified atom stereocenters. The van der Waals surface area contributed by atoms with Gasteiger partial charge in [0, 0.05) is 154 Å². The number of pyridine rings is 2. The number of nitrogen functional groups attached to an aromatic ring is 1. The number of esters is 1. The fraction of sp³-hybridized carbons (Fsp3) is 0.441. The molecule has 27 heteroatoms. The summed E-state index contributed by atoms with van der Waals surface area (Å²) in [6.45, 7) is 16.7. The number of nitro groups is 4. The van der Waals surface area contributed by atoms with Gasteiger partial charge in [0.2, 0.25) is 22.2 Å². The predicted octanol–water partition coefficient (Wildman–Crippen LogP) is 12.5. The molecule has 0 aliphatic heterocycles. The Kier molecular flexibility index (Phi) is 34.2. The van der Waals surface area contributed by atoms with E-state index in [2.05, 4.69) is 112 Å². The van der Waals surface area contributed by atoms with Crippen LogP contribution >= 0.6 is 75.3 Å². The number of carboxylic acids is 1. The second kappa shape index (κ2) is 36.4. The summed E-state index contributed by atoms with van der Waals surface area (Å²) in [7, 11) is 1.27. The summed E-state index contributed by atoms with van der Waals surface area (Å²) >= 11 is 19.6. The van der Waals surface area contributed by atoms with Gasteiger partial charge in [-0.1, -0.05) is 120 Å². The van der Waals surface area contributed by atoms with Crippen molar-refractivity contribution in [3.05, 3.63) is 183 Å². The monoisotopic (exact) mass is 1480 g/mol. The van der Waals surface area contributed by atoms with Crippen molar-refractivity contribution in [1.29, 1.82) is 0 Å². The predicted molar refractivity (Wildman–Crippen MR) is 344 cm³/mol. The van der Waals surface area contributed by atoms with Crippen molar-refractivity contribution in [1.82, 2.24) is 9.97 Å². The van der Waals surface area contributed by atoms with Gasteiger partial charge in [0.05, 0.1) is 31.0 Å². The summed E-state index contributed by atoms with van der Waals surface area (Å²) in [6, 6.07) is 31.2. The number of ether oxygens (including phenoxy) is 1. The number of carbonyl (C=O) groups is 3. The Morgan fingerprint density at radius 2 is 1.07 bits per heavy atom. The molecule has 0 amide bonds. The number of rotatable bonds is 17. The van der Waals surface area contributed by atoms with Crippen LogP contribution in [-0.2, 0) is 44.8 Å². The fourth-order valence-corrected chi connectivity index (χ4v) is 9.26. The fourth-order valence-electron chi connectivity index (χ4n) is 7.49. The molecule has 1 aliphatic rings. The minimum atomic E-state index is -1.13. The Labute approximate surface area is 561 Å². The normalized spacial score (nSPS) is 12.0. The third-order valence-corrected chi connectivity index (χ3v) is 15.2. The molecule has 2 aromatic heterocycles. The standard InChI is InChI=1S/C14H14BrN.C13H12BrClN2O2.C13H16BrNO3.C7H13NO4.C6H6BrN.C6H11NO4.Na.H2O/c1-14(2)7-10-5-9-3-4-11(15)6-12(9)16-13(10)8-14;1-13(2,17(18)19)7-9-5-8-3-4-10(14)6-11(8)16-12(9)15;1-13(2,15(17)18)7-6-12(16)9-10-4-3-5-11(14)8-10;1-7(2,8(10)11)5-4-6(9)12-3;7-5-2-1-3-6(8)4-5;1-6(2,7(10)11)4-3-5(8)9;;/h3-6H,7-8H2,1-2H3;3-6H,7H2,1-2H3;3-5,8H,6-7,9H2,1-2H3;4-5H2,1-3H3;1-4H,8H2;3-4H2,1-2H3,(H,8,9);;1H2/q;;;;;;+1;/p-1. The topological polar surface area (TPSA) is 335 Å². The van der Waals surface area contributed by atoms with Gasteiger partial charge >= 0.3 is 41.5 Å². The van der Waals surface area contributed by atoms with Crippen LogP contribution in [0.4, 0.5) is 5.69 Å². The van der Waals surface area contributed by atoms with Crippen molar-refractivity contribution in [2.24, 2.45) is 5.41 Å². The van der Waals surface area contributed by atoms with Crippen LogP contribution in [0.25, 0.3) is 21.8 Å². The number of fused-ring (bicyclic) bond motifs is 3. The molecule has 2 heterocycles. The smallest absolute Gasteiger partial charge is 0.870 e. The Balaban J connectivity index is 0.00000102. The maximum atomic E-state index is 11.8. The average Bonchev–Trinajstić information content (AvgIpc) is 1.85. The Hall–Kier alpha value is -5.12. The molecular weight excluding hydrogens is 1410 g/mol. The molecule has 0 saturated carbocycles. The summed E-state index contributed by atoms with van der Waals surface area (Å²) < 4.78 is 8.34. The van der Waals surface area contributed by atoms with Gasteiger partial charge in [0.1, 0.15) is 10.9 Å². The van der Waals surface area contributed by atoms with Crippen LogP contribution in [0.1, 0.15) is 130 Å². The third-order valence-electron chi connectivity index (χ3n) is 12.9. The molecule has 464 valence electrons. The number of nitrogens with two attached hydrogens (primary N) is 1. The second-order valence-corrected chi connectivity index (χ2v) is 27.1. The number of nitrogens with zero attached hydrogens (tertiary/aromatic N) is 6. The Bertz CT molecular complexity index is 3300. The molecule has 0 saturated heterocycles. The van der Waals surface area contributed by atoms with Crippen LogP contribution in [0.2, 0.25) is 5.15 Å². The number of Topliss-reactive ketones (excluding diaryl/α,β-unsaturated/α-hetero) is 1. The number of hydrogen-bond donors (Lipinski definition) is 2. The second-order valence-electron chi connectivity index (χ2n) is 23.0. The van der Waals surface area contributed by atoms with Crippen LogP contribution in [0, 0.1) is 45.9 Å². The maximum absolute atomic E-state index is 11.8. The molecular formula is C59H73Br4ClN7NaO14. The number of carboxylic acid groups (broad SMARTS) is 1. The summed E-state index contributed by atoms with van der Waals surface area (Å²) in [5.41, 5.74) is 8.53. The van der Waals surface area contributed by atoms with Crippen LogP contribution in [-0.4, -0.2) is 87.2 Å². The van der Waals surface area contributed by atoms with Gasteiger partial charge in [0.15, 0.2) is 0 Å². The minimum Gasteiger partial charge on any atom is -0.870 e. The average molecular weight is 1480 g/mol. The van der Waals surface area contributed by atoms with Crippen molar-refractivity contribution in [3.63, 3.8) is 0 Å². The van der Waals surface area contributed by atoms with Crippen LogP contribution in [0.15, 0.2) is 115 Å². The van der Waals surface area contributed by atoms with E-state index in [1.54, 1.807) is 27.7 Å². The first-order valence-corrected chi connectivity index (χ1v) is 29.7. The van der Waals surface area contributed by atoms with E-state index in [4.69, 9.17) is 27.4 Å². The molecule has 21 nitrogen and oxygen atoms in total. The van der Waals surface area contributed by atoms with E-state index in [1.165, 1.54) is 51.4 Å². The molecule has 86 heavy (non-hydrogen) atoms. The number of benzene rings is 4. The number of hydrogen-bond acceptors (Lipinski definition) is 16. The molecule has 0 atom stereocenters. The molecule has 0 spiro atoms. The summed E-state index contributed by atoms with van der Waals surface area (Å²) in [5, 5.41) is 53.1. The van der Waals surface area contributed by atoms with Gasteiger partial charge in [-0.15, -0.1) is 0 Å². The number of ketones is 1. The maximum Gasteiger partial charge on any atom is 1.00 e. The molecule has 4 N–H and O–H groups in total. The zero-order chi connectivity index (χ0) is 64.1. The van der Waals surface area contributed by atoms with Gasteiger partial charge in [-0.05, 0) is 102 Å². The van der Waals surface area contributed by atoms with Gasteiger partial charge < -0.3 is 21.1 Å². The molecule has 0 fully saturated rings. The Morgan fingerprint density at radius 1 is 0.628 bits per heavy atom. The number of carbonyl (C=O) groups excluding carboxylic acids is 2. The van der Waals surface area contributed by atoms with Crippen LogP contribution in [0.5, 0.6) is 0 Å². The molecule has 0 radical (unpaired) electrons. The van der Waals surface area contributed by atoms with Crippen LogP contribution < -0.4 is 35.3 Å². The van der Waals surface area contributed by atoms with Crippen molar-refractivity contribution >= 4 is 121 Å². The van der Waals surface area contributed by atoms with E-state index in [0.29, 0.717) is 22.6 Å². The molecule has 0 bridgehead atoms. The first-order chi connectivity index (χ1) is 38.7. The molecule has 4 aromatic carbocycles. The van der Waals surface area contributed by atoms with Gasteiger partial charge in [0.25, 0.3) is 0 Å². The van der Waals surface area contributed by atoms with Gasteiger partial charge in [-0.3, -0.25) is 59.8 Å². The Morgan fingerprint density at radius 3 is 1.51 bits per heavy atom. The SMILES string of the molecule is CC(C)(CCC(=O)Cc1cccc(Br)c1)[N+](=O)[O-].CC(C)(CCC(=O)O)[N+](=O)[O-].CC(C)(Cc1cc2ccc(Br)cc2nc1Cl)[N+](=O)[O-].CC1(C)Cc2cc3ccc(Br)cc3nc2C1.COC(=O)CCC(C)(C)[N+](=O)[O-].Nc1cccc(Br)c1.[Na+].[OH-]. The van der Waals surface area contributed by atoms with Crippen molar-refractivity contribution in [2.75, 3.05) is 12.8 Å². The van der Waals surface area contributed by atoms with E-state index in [9.17, 15) is 54.8 Å². The zero-order valence-corrected chi connectivity index (χ0v) is 59.4. The van der Waals surface area contributed by atoms with Crippen molar-refractivity contribution in [3.8, 4) is 0 Å². The summed E-state index contributed by atoms with van der Waals surface area (Å²) in [4.78, 5) is 82.4. The summed E-state index contributed by atoms with van der Waals surface area (Å²) in [5.74, 6) is -1.38.